The Morgan fingerprint density at radius 3 is 2.81 bits per heavy atom. The van der Waals surface area contributed by atoms with E-state index >= 15 is 0 Å². The average Bonchev–Trinajstić information content (AvgIpc) is 2.96. The van der Waals surface area contributed by atoms with Gasteiger partial charge in [0.15, 0.2) is 11.4 Å². The first-order chi connectivity index (χ1) is 12.3. The number of furan rings is 1. The minimum atomic E-state index is -0.489. The van der Waals surface area contributed by atoms with Gasteiger partial charge in [-0.15, -0.1) is 0 Å². The van der Waals surface area contributed by atoms with Crippen LogP contribution in [0.1, 0.15) is 27.2 Å². The van der Waals surface area contributed by atoms with E-state index in [0.29, 0.717) is 24.5 Å². The number of benzene rings is 1. The van der Waals surface area contributed by atoms with Gasteiger partial charge < -0.3 is 19.4 Å². The van der Waals surface area contributed by atoms with Crippen molar-refractivity contribution in [3.63, 3.8) is 0 Å². The number of nitrogens with one attached hydrogen (secondary N) is 1. The van der Waals surface area contributed by atoms with Gasteiger partial charge in [-0.05, 0) is 39.3 Å². The maximum atomic E-state index is 11.9. The summed E-state index contributed by atoms with van der Waals surface area (Å²) in [6.07, 6.45) is 1.96. The molecule has 7 heteroatoms. The van der Waals surface area contributed by atoms with Crippen molar-refractivity contribution in [1.29, 1.82) is 0 Å². The highest BCUT2D eigenvalue weighted by atomic mass is 16.6. The minimum Gasteiger partial charge on any atom is -0.450 e. The fourth-order valence-corrected chi connectivity index (χ4v) is 2.60. The second kappa shape index (κ2) is 7.19. The third-order valence-corrected chi connectivity index (χ3v) is 3.83. The summed E-state index contributed by atoms with van der Waals surface area (Å²) in [5.41, 5.74) is 1.74. The Morgan fingerprint density at radius 2 is 2.04 bits per heavy atom. The van der Waals surface area contributed by atoms with Crippen LogP contribution < -0.4 is 5.32 Å². The normalized spacial score (nSPS) is 11.7. The lowest BCUT2D eigenvalue weighted by molar-refractivity contribution is 0.0298. The molecule has 0 saturated heterocycles. The van der Waals surface area contributed by atoms with Crippen molar-refractivity contribution in [2.75, 3.05) is 25.5 Å². The molecule has 3 aromatic rings. The van der Waals surface area contributed by atoms with E-state index in [1.165, 1.54) is 6.33 Å². The molecule has 3 rings (SSSR count). The van der Waals surface area contributed by atoms with E-state index in [1.54, 1.807) is 11.9 Å². The van der Waals surface area contributed by atoms with Gasteiger partial charge in [-0.2, -0.15) is 0 Å². The Morgan fingerprint density at radius 1 is 1.27 bits per heavy atom. The molecular weight excluding hydrogens is 332 g/mol. The van der Waals surface area contributed by atoms with Crippen molar-refractivity contribution in [2.24, 2.45) is 0 Å². The zero-order valence-electron chi connectivity index (χ0n) is 15.6. The summed E-state index contributed by atoms with van der Waals surface area (Å²) in [4.78, 5) is 22.1. The van der Waals surface area contributed by atoms with Crippen LogP contribution in [0, 0.1) is 0 Å². The van der Waals surface area contributed by atoms with Gasteiger partial charge in [-0.25, -0.2) is 14.8 Å². The molecule has 0 aliphatic carbocycles. The lowest BCUT2D eigenvalue weighted by atomic mass is 10.2. The number of fused-ring (bicyclic) bond motifs is 3. The van der Waals surface area contributed by atoms with Crippen LogP contribution in [0.2, 0.25) is 0 Å². The molecule has 0 atom stereocenters. The van der Waals surface area contributed by atoms with Gasteiger partial charge in [0.1, 0.15) is 23.0 Å². The second-order valence-electron chi connectivity index (χ2n) is 7.18. The molecule has 1 N–H and O–H groups in total. The summed E-state index contributed by atoms with van der Waals surface area (Å²) in [5, 5.41) is 4.24. The molecule has 138 valence electrons. The summed E-state index contributed by atoms with van der Waals surface area (Å²) < 4.78 is 11.2. The topological polar surface area (TPSA) is 80.5 Å². The van der Waals surface area contributed by atoms with Crippen LogP contribution in [-0.4, -0.2) is 46.7 Å². The fraction of sp³-hybridized carbons (Fsp3) is 0.421. The Labute approximate surface area is 152 Å². The van der Waals surface area contributed by atoms with Crippen LogP contribution in [0.25, 0.3) is 22.1 Å². The van der Waals surface area contributed by atoms with Crippen molar-refractivity contribution < 1.29 is 13.9 Å². The van der Waals surface area contributed by atoms with Crippen molar-refractivity contribution in [2.45, 2.75) is 32.8 Å². The quantitative estimate of drug-likeness (QED) is 0.695. The number of rotatable bonds is 5. The van der Waals surface area contributed by atoms with E-state index in [9.17, 15) is 4.79 Å². The smallest absolute Gasteiger partial charge is 0.410 e. The molecule has 0 radical (unpaired) electrons. The standard InChI is InChI=1S/C19H24N4O3/c1-19(2,3)26-18(24)23(4)11-7-10-20-17-16-15(21-12-22-17)13-8-5-6-9-14(13)25-16/h5-6,8-9,12H,7,10-11H2,1-4H3,(H,20,21,22). The van der Waals surface area contributed by atoms with Crippen LogP contribution in [0.15, 0.2) is 35.0 Å². The van der Waals surface area contributed by atoms with Crippen LogP contribution in [-0.2, 0) is 4.74 Å². The van der Waals surface area contributed by atoms with E-state index < -0.39 is 5.60 Å². The number of amides is 1. The molecule has 0 spiro atoms. The number of hydrogen-bond acceptors (Lipinski definition) is 6. The lowest BCUT2D eigenvalue weighted by Crippen LogP contribution is -2.35. The molecule has 2 aromatic heterocycles. The van der Waals surface area contributed by atoms with Gasteiger partial charge in [0, 0.05) is 25.5 Å². The largest absolute Gasteiger partial charge is 0.450 e. The predicted molar refractivity (Wildman–Crippen MR) is 101 cm³/mol. The number of aromatic nitrogens is 2. The van der Waals surface area contributed by atoms with Crippen molar-refractivity contribution in [3.05, 3.63) is 30.6 Å². The zero-order chi connectivity index (χ0) is 18.7. The highest BCUT2D eigenvalue weighted by Crippen LogP contribution is 2.30. The molecular formula is C19H24N4O3. The van der Waals surface area contributed by atoms with Crippen molar-refractivity contribution in [1.82, 2.24) is 14.9 Å². The Kier molecular flexibility index (Phi) is 4.97. The molecule has 0 saturated carbocycles. The van der Waals surface area contributed by atoms with Gasteiger partial charge in [-0.1, -0.05) is 12.1 Å². The number of carbonyl (C=O) groups is 1. The second-order valence-corrected chi connectivity index (χ2v) is 7.18. The number of ether oxygens (including phenoxy) is 1. The molecule has 0 unspecified atom stereocenters. The molecule has 0 bridgehead atoms. The van der Waals surface area contributed by atoms with Crippen LogP contribution in [0.3, 0.4) is 0 Å². The van der Waals surface area contributed by atoms with Crippen molar-refractivity contribution in [3.8, 4) is 0 Å². The molecule has 26 heavy (non-hydrogen) atoms. The summed E-state index contributed by atoms with van der Waals surface area (Å²) in [6.45, 7) is 6.79. The number of anilines is 1. The summed E-state index contributed by atoms with van der Waals surface area (Å²) >= 11 is 0. The van der Waals surface area contributed by atoms with E-state index in [4.69, 9.17) is 9.15 Å². The zero-order valence-corrected chi connectivity index (χ0v) is 15.6. The van der Waals surface area contributed by atoms with Gasteiger partial charge in [0.25, 0.3) is 0 Å². The number of carbonyl (C=O) groups excluding carboxylic acids is 1. The van der Waals surface area contributed by atoms with E-state index in [2.05, 4.69) is 15.3 Å². The van der Waals surface area contributed by atoms with Gasteiger partial charge in [-0.3, -0.25) is 0 Å². The monoisotopic (exact) mass is 356 g/mol. The molecule has 1 amide bonds. The number of nitrogens with zero attached hydrogens (tertiary/aromatic N) is 3. The first-order valence-corrected chi connectivity index (χ1v) is 8.65. The highest BCUT2D eigenvalue weighted by Gasteiger charge is 2.19. The molecule has 0 aliphatic heterocycles. The summed E-state index contributed by atoms with van der Waals surface area (Å²) in [7, 11) is 1.73. The molecule has 1 aromatic carbocycles. The number of hydrogen-bond donors (Lipinski definition) is 1. The summed E-state index contributed by atoms with van der Waals surface area (Å²) in [6, 6.07) is 7.78. The fourth-order valence-electron chi connectivity index (χ4n) is 2.60. The Bertz CT molecular complexity index is 914. The summed E-state index contributed by atoms with van der Waals surface area (Å²) in [5.74, 6) is 0.658. The SMILES string of the molecule is CN(CCCNc1ncnc2c1oc1ccccc12)C(=O)OC(C)(C)C. The maximum Gasteiger partial charge on any atom is 0.410 e. The minimum absolute atomic E-state index is 0.320. The maximum absolute atomic E-state index is 11.9. The van der Waals surface area contributed by atoms with Crippen LogP contribution >= 0.6 is 0 Å². The van der Waals surface area contributed by atoms with Gasteiger partial charge in [0.2, 0.25) is 0 Å². The Hall–Kier alpha value is -2.83. The van der Waals surface area contributed by atoms with E-state index in [1.807, 2.05) is 45.0 Å². The predicted octanol–water partition coefficient (Wildman–Crippen LogP) is 4.04. The third kappa shape index (κ3) is 4.04. The first-order valence-electron chi connectivity index (χ1n) is 8.65. The van der Waals surface area contributed by atoms with Crippen LogP contribution in [0.5, 0.6) is 0 Å². The van der Waals surface area contributed by atoms with Crippen LogP contribution in [0.4, 0.5) is 10.6 Å². The molecule has 2 heterocycles. The highest BCUT2D eigenvalue weighted by molar-refractivity contribution is 6.05. The number of para-hydroxylation sites is 1. The van der Waals surface area contributed by atoms with Gasteiger partial charge in [0.05, 0.1) is 0 Å². The lowest BCUT2D eigenvalue weighted by Gasteiger charge is -2.24. The molecule has 0 aliphatic rings. The molecule has 7 nitrogen and oxygen atoms in total. The average molecular weight is 356 g/mol. The van der Waals surface area contributed by atoms with Crippen molar-refractivity contribution >= 4 is 34.0 Å². The first kappa shape index (κ1) is 18.0. The van der Waals surface area contributed by atoms with E-state index in [0.717, 1.165) is 22.9 Å². The van der Waals surface area contributed by atoms with E-state index in [-0.39, 0.29) is 6.09 Å². The Balaban J connectivity index is 1.59. The van der Waals surface area contributed by atoms with Gasteiger partial charge >= 0.3 is 6.09 Å². The third-order valence-electron chi connectivity index (χ3n) is 3.83. The molecule has 0 fully saturated rings.